The monoisotopic (exact) mass is 194 g/mol. The number of nitrogens with one attached hydrogen (secondary N) is 1. The Kier molecular flexibility index (Phi) is 2.56. The van der Waals surface area contributed by atoms with E-state index in [0.29, 0.717) is 13.2 Å². The summed E-state index contributed by atoms with van der Waals surface area (Å²) in [6.45, 7) is 0.957. The van der Waals surface area contributed by atoms with Gasteiger partial charge in [0.15, 0.2) is 0 Å². The summed E-state index contributed by atoms with van der Waals surface area (Å²) in [5.74, 6) is 0. The molecule has 1 heterocycles. The smallest absolute Gasteiger partial charge is 0.0996 e. The third kappa shape index (κ3) is 1.97. The van der Waals surface area contributed by atoms with Crippen LogP contribution in [0.25, 0.3) is 0 Å². The first-order valence-corrected chi connectivity index (χ1v) is 4.63. The molecule has 2 unspecified atom stereocenters. The van der Waals surface area contributed by atoms with Crippen LogP contribution in [-0.4, -0.2) is 30.5 Å². The van der Waals surface area contributed by atoms with Crippen molar-refractivity contribution in [3.05, 3.63) is 24.3 Å². The van der Waals surface area contributed by atoms with Gasteiger partial charge in [0, 0.05) is 11.4 Å². The first kappa shape index (κ1) is 9.30. The molecule has 4 heteroatoms. The Morgan fingerprint density at radius 3 is 2.57 bits per heavy atom. The maximum Gasteiger partial charge on any atom is 0.0996 e. The summed E-state index contributed by atoms with van der Waals surface area (Å²) in [7, 11) is 0. The lowest BCUT2D eigenvalue weighted by atomic mass is 10.2. The molecule has 76 valence electrons. The average molecular weight is 194 g/mol. The predicted molar refractivity (Wildman–Crippen MR) is 55.1 cm³/mol. The molecule has 4 N–H and O–H groups in total. The van der Waals surface area contributed by atoms with Crippen molar-refractivity contribution in [1.29, 1.82) is 0 Å². The number of hydrogen-bond donors (Lipinski definition) is 3. The molecule has 1 saturated heterocycles. The van der Waals surface area contributed by atoms with E-state index in [9.17, 15) is 5.11 Å². The highest BCUT2D eigenvalue weighted by Crippen LogP contribution is 2.15. The molecule has 0 radical (unpaired) electrons. The second-order valence-corrected chi connectivity index (χ2v) is 3.48. The van der Waals surface area contributed by atoms with Crippen LogP contribution in [0.1, 0.15) is 0 Å². The molecule has 2 atom stereocenters. The van der Waals surface area contributed by atoms with Crippen molar-refractivity contribution in [1.82, 2.24) is 0 Å². The van der Waals surface area contributed by atoms with Gasteiger partial charge in [-0.3, -0.25) is 0 Å². The van der Waals surface area contributed by atoms with Crippen LogP contribution in [0.4, 0.5) is 11.4 Å². The van der Waals surface area contributed by atoms with Crippen LogP contribution >= 0.6 is 0 Å². The van der Waals surface area contributed by atoms with Gasteiger partial charge in [0.2, 0.25) is 0 Å². The van der Waals surface area contributed by atoms with Gasteiger partial charge in [0.05, 0.1) is 25.4 Å². The number of aliphatic hydroxyl groups is 1. The van der Waals surface area contributed by atoms with Crippen LogP contribution in [0.2, 0.25) is 0 Å². The van der Waals surface area contributed by atoms with E-state index in [0.717, 1.165) is 11.4 Å². The van der Waals surface area contributed by atoms with Crippen molar-refractivity contribution in [2.75, 3.05) is 24.3 Å². The summed E-state index contributed by atoms with van der Waals surface area (Å²) in [4.78, 5) is 0. The lowest BCUT2D eigenvalue weighted by Crippen LogP contribution is -2.31. The highest BCUT2D eigenvalue weighted by Gasteiger charge is 2.25. The van der Waals surface area contributed by atoms with Gasteiger partial charge >= 0.3 is 0 Å². The molecule has 1 aliphatic heterocycles. The molecule has 0 amide bonds. The second-order valence-electron chi connectivity index (χ2n) is 3.48. The third-order valence-corrected chi connectivity index (χ3v) is 2.31. The van der Waals surface area contributed by atoms with Crippen LogP contribution in [0.3, 0.4) is 0 Å². The fourth-order valence-corrected chi connectivity index (χ4v) is 1.47. The minimum Gasteiger partial charge on any atom is -0.399 e. The molecule has 1 aromatic rings. The Bertz CT molecular complexity index is 299. The fourth-order valence-electron chi connectivity index (χ4n) is 1.47. The molecule has 1 fully saturated rings. The molecule has 1 aliphatic rings. The van der Waals surface area contributed by atoms with Crippen LogP contribution < -0.4 is 11.1 Å². The van der Waals surface area contributed by atoms with E-state index in [1.165, 1.54) is 0 Å². The maximum absolute atomic E-state index is 9.49. The Labute approximate surface area is 82.7 Å². The van der Waals surface area contributed by atoms with Crippen molar-refractivity contribution in [2.45, 2.75) is 12.1 Å². The zero-order valence-electron chi connectivity index (χ0n) is 7.81. The topological polar surface area (TPSA) is 67.5 Å². The number of aliphatic hydroxyl groups excluding tert-OH is 1. The van der Waals surface area contributed by atoms with Crippen molar-refractivity contribution < 1.29 is 9.84 Å². The Morgan fingerprint density at radius 1 is 1.29 bits per heavy atom. The zero-order valence-corrected chi connectivity index (χ0v) is 7.81. The highest BCUT2D eigenvalue weighted by molar-refractivity contribution is 5.51. The number of nitrogens with two attached hydrogens (primary N) is 1. The SMILES string of the molecule is Nc1ccc(NC2COCC2O)cc1. The van der Waals surface area contributed by atoms with Crippen molar-refractivity contribution in [2.24, 2.45) is 0 Å². The molecular formula is C10H14N2O2. The average Bonchev–Trinajstić information content (AvgIpc) is 2.56. The fraction of sp³-hybridized carbons (Fsp3) is 0.400. The molecule has 0 aliphatic carbocycles. The normalized spacial score (nSPS) is 26.4. The minimum atomic E-state index is -0.424. The number of rotatable bonds is 2. The van der Waals surface area contributed by atoms with E-state index < -0.39 is 6.10 Å². The van der Waals surface area contributed by atoms with Gasteiger partial charge in [-0.05, 0) is 24.3 Å². The summed E-state index contributed by atoms with van der Waals surface area (Å²) in [5, 5.41) is 12.7. The van der Waals surface area contributed by atoms with Gasteiger partial charge in [-0.2, -0.15) is 0 Å². The Morgan fingerprint density at radius 2 is 2.00 bits per heavy atom. The number of benzene rings is 1. The van der Waals surface area contributed by atoms with Gasteiger partial charge in [-0.25, -0.2) is 0 Å². The van der Waals surface area contributed by atoms with Crippen LogP contribution in [0.15, 0.2) is 24.3 Å². The molecule has 4 nitrogen and oxygen atoms in total. The van der Waals surface area contributed by atoms with Crippen LogP contribution in [-0.2, 0) is 4.74 Å². The quantitative estimate of drug-likeness (QED) is 0.598. The zero-order chi connectivity index (χ0) is 9.97. The van der Waals surface area contributed by atoms with Gasteiger partial charge in [0.1, 0.15) is 0 Å². The summed E-state index contributed by atoms with van der Waals surface area (Å²) >= 11 is 0. The second kappa shape index (κ2) is 3.86. The van der Waals surface area contributed by atoms with Crippen LogP contribution in [0, 0.1) is 0 Å². The van der Waals surface area contributed by atoms with Crippen molar-refractivity contribution in [3.63, 3.8) is 0 Å². The number of nitrogen functional groups attached to an aromatic ring is 1. The molecule has 1 aromatic carbocycles. The largest absolute Gasteiger partial charge is 0.399 e. The van der Waals surface area contributed by atoms with Crippen molar-refractivity contribution >= 4 is 11.4 Å². The minimum absolute atomic E-state index is 0.0152. The van der Waals surface area contributed by atoms with E-state index in [-0.39, 0.29) is 6.04 Å². The molecule has 0 bridgehead atoms. The van der Waals surface area contributed by atoms with Crippen molar-refractivity contribution in [3.8, 4) is 0 Å². The van der Waals surface area contributed by atoms with E-state index in [1.807, 2.05) is 24.3 Å². The summed E-state index contributed by atoms with van der Waals surface area (Å²) in [5.41, 5.74) is 7.25. The molecule has 2 rings (SSSR count). The summed E-state index contributed by atoms with van der Waals surface area (Å²) in [6.07, 6.45) is -0.424. The molecular weight excluding hydrogens is 180 g/mol. The first-order chi connectivity index (χ1) is 6.75. The predicted octanol–water partition coefficient (Wildman–Crippen LogP) is 0.440. The standard InChI is InChI=1S/C10H14N2O2/c11-7-1-3-8(4-2-7)12-9-5-14-6-10(9)13/h1-4,9-10,12-13H,5-6,11H2. The number of ether oxygens (including phenoxy) is 1. The lowest BCUT2D eigenvalue weighted by Gasteiger charge is -2.15. The van der Waals surface area contributed by atoms with E-state index in [1.54, 1.807) is 0 Å². The Hall–Kier alpha value is -1.26. The van der Waals surface area contributed by atoms with Gasteiger partial charge in [-0.15, -0.1) is 0 Å². The first-order valence-electron chi connectivity index (χ1n) is 4.63. The number of hydrogen-bond acceptors (Lipinski definition) is 4. The van der Waals surface area contributed by atoms with Gasteiger partial charge in [0.25, 0.3) is 0 Å². The Balaban J connectivity index is 2.00. The maximum atomic E-state index is 9.49. The molecule has 14 heavy (non-hydrogen) atoms. The van der Waals surface area contributed by atoms with E-state index in [2.05, 4.69) is 5.32 Å². The highest BCUT2D eigenvalue weighted by atomic mass is 16.5. The number of anilines is 2. The van der Waals surface area contributed by atoms with E-state index in [4.69, 9.17) is 10.5 Å². The third-order valence-electron chi connectivity index (χ3n) is 2.31. The lowest BCUT2D eigenvalue weighted by molar-refractivity contribution is 0.125. The molecule has 0 spiro atoms. The van der Waals surface area contributed by atoms with Gasteiger partial charge in [-0.1, -0.05) is 0 Å². The van der Waals surface area contributed by atoms with Gasteiger partial charge < -0.3 is 20.9 Å². The van der Waals surface area contributed by atoms with E-state index >= 15 is 0 Å². The van der Waals surface area contributed by atoms with Crippen LogP contribution in [0.5, 0.6) is 0 Å². The summed E-state index contributed by atoms with van der Waals surface area (Å²) in [6, 6.07) is 7.41. The molecule has 0 aromatic heterocycles. The molecule has 0 saturated carbocycles. The summed E-state index contributed by atoms with van der Waals surface area (Å²) < 4.78 is 5.13.